The summed E-state index contributed by atoms with van der Waals surface area (Å²) < 4.78 is 31.9. The van der Waals surface area contributed by atoms with Gasteiger partial charge in [0.25, 0.3) is 0 Å². The molecule has 4 rings (SSSR count). The molecule has 7 nitrogen and oxygen atoms in total. The summed E-state index contributed by atoms with van der Waals surface area (Å²) in [6.07, 6.45) is 2.59. The van der Waals surface area contributed by atoms with Gasteiger partial charge in [0.05, 0.1) is 29.1 Å². The largest absolute Gasteiger partial charge is 0.497 e. The molecule has 0 spiro atoms. The smallest absolute Gasteiger partial charge is 0.226 e. The molecule has 0 saturated carbocycles. The van der Waals surface area contributed by atoms with Gasteiger partial charge in [0.1, 0.15) is 11.6 Å². The number of carbonyl (C=O) groups excluding carboxylic acids is 1. The fraction of sp³-hybridized carbons (Fsp3) is 0.273. The summed E-state index contributed by atoms with van der Waals surface area (Å²) in [5.41, 5.74) is 2.87. The predicted molar refractivity (Wildman–Crippen MR) is 114 cm³/mol. The molecule has 1 aromatic heterocycles. The van der Waals surface area contributed by atoms with E-state index < -0.39 is 9.84 Å². The van der Waals surface area contributed by atoms with E-state index in [2.05, 4.69) is 10.4 Å². The van der Waals surface area contributed by atoms with Crippen molar-refractivity contribution < 1.29 is 17.9 Å². The van der Waals surface area contributed by atoms with Crippen LogP contribution in [0, 0.1) is 0 Å². The number of rotatable bonds is 7. The molecule has 30 heavy (non-hydrogen) atoms. The van der Waals surface area contributed by atoms with Crippen LogP contribution in [-0.2, 0) is 27.5 Å². The van der Waals surface area contributed by atoms with E-state index in [4.69, 9.17) is 4.74 Å². The van der Waals surface area contributed by atoms with E-state index >= 15 is 0 Å². The lowest BCUT2D eigenvalue weighted by atomic mass is 10.2. The van der Waals surface area contributed by atoms with Gasteiger partial charge in [-0.1, -0.05) is 18.2 Å². The topological polar surface area (TPSA) is 90.3 Å². The molecule has 0 atom stereocenters. The van der Waals surface area contributed by atoms with Gasteiger partial charge in [-0.15, -0.1) is 0 Å². The minimum Gasteiger partial charge on any atom is -0.497 e. The summed E-state index contributed by atoms with van der Waals surface area (Å²) in [5.74, 6) is 0.599. The number of hydrogen-bond donors (Lipinski definition) is 1. The van der Waals surface area contributed by atoms with Crippen molar-refractivity contribution in [1.29, 1.82) is 0 Å². The van der Waals surface area contributed by atoms with Gasteiger partial charge in [0.15, 0.2) is 9.84 Å². The van der Waals surface area contributed by atoms with E-state index in [1.807, 2.05) is 30.3 Å². The average Bonchev–Trinajstić information content (AvgIpc) is 3.36. The van der Waals surface area contributed by atoms with E-state index in [0.717, 1.165) is 36.2 Å². The Labute approximate surface area is 175 Å². The zero-order valence-electron chi connectivity index (χ0n) is 16.7. The van der Waals surface area contributed by atoms with E-state index in [1.54, 1.807) is 16.8 Å². The summed E-state index contributed by atoms with van der Waals surface area (Å²) in [7, 11) is -2.05. The number of aromatic nitrogens is 2. The summed E-state index contributed by atoms with van der Waals surface area (Å²) in [6.45, 7) is 0. The molecule has 8 heteroatoms. The molecule has 156 valence electrons. The second-order valence-electron chi connectivity index (χ2n) is 7.17. The highest BCUT2D eigenvalue weighted by atomic mass is 32.2. The lowest BCUT2D eigenvalue weighted by Gasteiger charge is -2.11. The van der Waals surface area contributed by atoms with Crippen molar-refractivity contribution in [2.75, 3.05) is 18.2 Å². The Balaban J connectivity index is 1.49. The van der Waals surface area contributed by atoms with Crippen molar-refractivity contribution in [2.45, 2.75) is 30.6 Å². The van der Waals surface area contributed by atoms with Gasteiger partial charge >= 0.3 is 0 Å². The average molecular weight is 426 g/mol. The van der Waals surface area contributed by atoms with E-state index in [1.165, 1.54) is 19.2 Å². The number of sulfone groups is 1. The van der Waals surface area contributed by atoms with Crippen LogP contribution in [0.1, 0.15) is 24.1 Å². The summed E-state index contributed by atoms with van der Waals surface area (Å²) in [4.78, 5) is 12.8. The SMILES string of the molecule is COc1ccc(S(=O)(=O)CCC(=O)Nc2c3c(nn2-c2ccccc2)CCC3)cc1. The molecule has 3 aromatic rings. The molecule has 0 radical (unpaired) electrons. The minimum absolute atomic E-state index is 0.136. The number of methoxy groups -OCH3 is 1. The summed E-state index contributed by atoms with van der Waals surface area (Å²) in [6, 6.07) is 15.8. The zero-order chi connectivity index (χ0) is 21.1. The van der Waals surface area contributed by atoms with Crippen LogP contribution in [0.5, 0.6) is 5.75 Å². The number of benzene rings is 2. The third-order valence-electron chi connectivity index (χ3n) is 5.18. The number of para-hydroxylation sites is 1. The zero-order valence-corrected chi connectivity index (χ0v) is 17.5. The summed E-state index contributed by atoms with van der Waals surface area (Å²) >= 11 is 0. The maximum atomic E-state index is 12.6. The number of nitrogens with zero attached hydrogens (tertiary/aromatic N) is 2. The molecule has 1 aliphatic rings. The van der Waals surface area contributed by atoms with Crippen LogP contribution in [0.25, 0.3) is 5.69 Å². The van der Waals surface area contributed by atoms with Crippen molar-refractivity contribution in [2.24, 2.45) is 0 Å². The van der Waals surface area contributed by atoms with Crippen LogP contribution in [-0.4, -0.2) is 37.0 Å². The normalized spacial score (nSPS) is 13.1. The Morgan fingerprint density at radius 2 is 1.83 bits per heavy atom. The van der Waals surface area contributed by atoms with Gasteiger partial charge in [0.2, 0.25) is 5.91 Å². The first kappa shape index (κ1) is 20.2. The monoisotopic (exact) mass is 425 g/mol. The Morgan fingerprint density at radius 3 is 2.53 bits per heavy atom. The first-order valence-corrected chi connectivity index (χ1v) is 11.5. The second-order valence-corrected chi connectivity index (χ2v) is 9.28. The van der Waals surface area contributed by atoms with Crippen molar-refractivity contribution in [3.8, 4) is 11.4 Å². The van der Waals surface area contributed by atoms with Crippen molar-refractivity contribution in [3.05, 3.63) is 65.9 Å². The Kier molecular flexibility index (Phi) is 5.59. The number of nitrogens with one attached hydrogen (secondary N) is 1. The highest BCUT2D eigenvalue weighted by molar-refractivity contribution is 7.91. The molecular weight excluding hydrogens is 402 g/mol. The molecular formula is C22H23N3O4S. The van der Waals surface area contributed by atoms with Crippen LogP contribution in [0.3, 0.4) is 0 Å². The third-order valence-corrected chi connectivity index (χ3v) is 6.91. The maximum Gasteiger partial charge on any atom is 0.226 e. The molecule has 1 aliphatic carbocycles. The second kappa shape index (κ2) is 8.31. The minimum atomic E-state index is -3.57. The molecule has 2 aromatic carbocycles. The van der Waals surface area contributed by atoms with Crippen LogP contribution >= 0.6 is 0 Å². The summed E-state index contributed by atoms with van der Waals surface area (Å²) in [5, 5.41) is 7.57. The van der Waals surface area contributed by atoms with Crippen molar-refractivity contribution >= 4 is 21.6 Å². The first-order valence-electron chi connectivity index (χ1n) is 9.81. The highest BCUT2D eigenvalue weighted by Crippen LogP contribution is 2.31. The lowest BCUT2D eigenvalue weighted by molar-refractivity contribution is -0.115. The lowest BCUT2D eigenvalue weighted by Crippen LogP contribution is -2.20. The fourth-order valence-corrected chi connectivity index (χ4v) is 4.84. The van der Waals surface area contributed by atoms with E-state index in [0.29, 0.717) is 11.6 Å². The van der Waals surface area contributed by atoms with E-state index in [9.17, 15) is 13.2 Å². The predicted octanol–water partition coefficient (Wildman–Crippen LogP) is 3.17. The fourth-order valence-electron chi connectivity index (χ4n) is 3.60. The van der Waals surface area contributed by atoms with Gasteiger partial charge < -0.3 is 10.1 Å². The number of ether oxygens (including phenoxy) is 1. The third kappa shape index (κ3) is 4.09. The number of fused-ring (bicyclic) bond motifs is 1. The van der Waals surface area contributed by atoms with Crippen LogP contribution in [0.15, 0.2) is 59.5 Å². The number of aryl methyl sites for hydroxylation is 1. The van der Waals surface area contributed by atoms with Crippen molar-refractivity contribution in [3.63, 3.8) is 0 Å². The molecule has 1 N–H and O–H groups in total. The van der Waals surface area contributed by atoms with E-state index in [-0.39, 0.29) is 23.0 Å². The Bertz CT molecular complexity index is 1150. The Hall–Kier alpha value is -3.13. The standard InChI is InChI=1S/C22H23N3O4S/c1-29-17-10-12-18(13-11-17)30(27,28)15-14-21(26)23-22-19-8-5-9-20(19)24-25(22)16-6-3-2-4-7-16/h2-4,6-7,10-13H,5,8-9,14-15H2,1H3,(H,23,26). The molecule has 1 amide bonds. The Morgan fingerprint density at radius 1 is 1.10 bits per heavy atom. The molecule has 0 saturated heterocycles. The number of anilines is 1. The van der Waals surface area contributed by atoms with Gasteiger partial charge in [0, 0.05) is 12.0 Å². The maximum absolute atomic E-state index is 12.6. The van der Waals surface area contributed by atoms with Gasteiger partial charge in [-0.3, -0.25) is 4.79 Å². The first-order chi connectivity index (χ1) is 14.5. The van der Waals surface area contributed by atoms with Crippen LogP contribution < -0.4 is 10.1 Å². The quantitative estimate of drug-likeness (QED) is 0.628. The van der Waals surface area contributed by atoms with Crippen molar-refractivity contribution in [1.82, 2.24) is 9.78 Å². The van der Waals surface area contributed by atoms with Gasteiger partial charge in [-0.2, -0.15) is 5.10 Å². The van der Waals surface area contributed by atoms with Crippen LogP contribution in [0.4, 0.5) is 5.82 Å². The van der Waals surface area contributed by atoms with Gasteiger partial charge in [-0.25, -0.2) is 13.1 Å². The molecule has 0 unspecified atom stereocenters. The number of hydrogen-bond acceptors (Lipinski definition) is 5. The van der Waals surface area contributed by atoms with Gasteiger partial charge in [-0.05, 0) is 55.7 Å². The number of carbonyl (C=O) groups is 1. The molecule has 0 fully saturated rings. The number of amides is 1. The molecule has 1 heterocycles. The molecule has 0 bridgehead atoms. The highest BCUT2D eigenvalue weighted by Gasteiger charge is 2.25. The van der Waals surface area contributed by atoms with Crippen LogP contribution in [0.2, 0.25) is 0 Å². The molecule has 0 aliphatic heterocycles.